The Hall–Kier alpha value is -2.75. The monoisotopic (exact) mass is 459 g/mol. The van der Waals surface area contributed by atoms with Gasteiger partial charge in [-0.1, -0.05) is 13.8 Å². The van der Waals surface area contributed by atoms with E-state index in [1.165, 1.54) is 16.4 Å². The zero-order chi connectivity index (χ0) is 23.1. The Morgan fingerprint density at radius 3 is 2.00 bits per heavy atom. The van der Waals surface area contributed by atoms with Gasteiger partial charge >= 0.3 is 0 Å². The smallest absolute Gasteiger partial charge is 0.255 e. The van der Waals surface area contributed by atoms with E-state index in [4.69, 9.17) is 4.74 Å². The molecule has 2 amide bonds. The highest BCUT2D eigenvalue weighted by Gasteiger charge is 2.26. The molecule has 0 bridgehead atoms. The van der Waals surface area contributed by atoms with E-state index in [0.29, 0.717) is 43.2 Å². The standard InChI is InChI=1S/C23H29N3O5S/c1-3-17(4-2)22(27)24-19-7-5-18(6-8-19)23(28)25-20-9-11-21(12-10-20)32(29,30)26-13-15-31-16-14-26/h5-12,17H,3-4,13-16H2,1-2H3,(H,24,27)(H,25,28). The first-order chi connectivity index (χ1) is 15.3. The van der Waals surface area contributed by atoms with Crippen molar-refractivity contribution in [1.29, 1.82) is 0 Å². The third kappa shape index (κ3) is 5.73. The predicted octanol–water partition coefficient (Wildman–Crippen LogP) is 3.33. The van der Waals surface area contributed by atoms with Gasteiger partial charge in [-0.3, -0.25) is 9.59 Å². The van der Waals surface area contributed by atoms with Crippen molar-refractivity contribution in [3.8, 4) is 0 Å². The molecule has 2 aromatic carbocycles. The summed E-state index contributed by atoms with van der Waals surface area (Å²) in [5.74, 6) is -0.390. The van der Waals surface area contributed by atoms with Crippen LogP contribution in [0.5, 0.6) is 0 Å². The van der Waals surface area contributed by atoms with Gasteiger partial charge in [-0.05, 0) is 61.4 Å². The fraction of sp³-hybridized carbons (Fsp3) is 0.391. The molecule has 0 spiro atoms. The Morgan fingerprint density at radius 2 is 1.44 bits per heavy atom. The van der Waals surface area contributed by atoms with E-state index < -0.39 is 10.0 Å². The summed E-state index contributed by atoms with van der Waals surface area (Å²) in [4.78, 5) is 24.9. The molecule has 0 unspecified atom stereocenters. The molecular weight excluding hydrogens is 430 g/mol. The lowest BCUT2D eigenvalue weighted by Crippen LogP contribution is -2.40. The van der Waals surface area contributed by atoms with Crippen molar-refractivity contribution in [2.45, 2.75) is 31.6 Å². The Labute approximate surface area is 189 Å². The number of carbonyl (C=O) groups excluding carboxylic acids is 2. The Morgan fingerprint density at radius 1 is 0.906 bits per heavy atom. The number of morpholine rings is 1. The molecule has 0 saturated carbocycles. The minimum atomic E-state index is -3.58. The number of hydrogen-bond donors (Lipinski definition) is 2. The molecule has 3 rings (SSSR count). The number of nitrogens with one attached hydrogen (secondary N) is 2. The van der Waals surface area contributed by atoms with E-state index in [1.807, 2.05) is 13.8 Å². The molecule has 8 nitrogen and oxygen atoms in total. The lowest BCUT2D eigenvalue weighted by atomic mass is 10.0. The van der Waals surface area contributed by atoms with Gasteiger partial charge in [-0.2, -0.15) is 4.31 Å². The summed E-state index contributed by atoms with van der Waals surface area (Å²) in [6.07, 6.45) is 1.55. The zero-order valence-corrected chi connectivity index (χ0v) is 19.2. The largest absolute Gasteiger partial charge is 0.379 e. The van der Waals surface area contributed by atoms with E-state index in [9.17, 15) is 18.0 Å². The summed E-state index contributed by atoms with van der Waals surface area (Å²) in [5, 5.41) is 5.63. The number of anilines is 2. The van der Waals surface area contributed by atoms with E-state index in [2.05, 4.69) is 10.6 Å². The average Bonchev–Trinajstić information content (AvgIpc) is 2.81. The first kappa shape index (κ1) is 23.9. The fourth-order valence-electron chi connectivity index (χ4n) is 3.46. The van der Waals surface area contributed by atoms with Gasteiger partial charge in [-0.15, -0.1) is 0 Å². The molecule has 172 valence electrons. The molecule has 1 aliphatic rings. The van der Waals surface area contributed by atoms with Crippen LogP contribution < -0.4 is 10.6 Å². The highest BCUT2D eigenvalue weighted by molar-refractivity contribution is 7.89. The maximum atomic E-state index is 12.7. The number of amides is 2. The van der Waals surface area contributed by atoms with Gasteiger partial charge in [-0.25, -0.2) is 8.42 Å². The third-order valence-corrected chi connectivity index (χ3v) is 7.40. The number of ether oxygens (including phenoxy) is 1. The van der Waals surface area contributed by atoms with Crippen molar-refractivity contribution >= 4 is 33.2 Å². The van der Waals surface area contributed by atoms with Crippen LogP contribution >= 0.6 is 0 Å². The van der Waals surface area contributed by atoms with Gasteiger partial charge in [0.2, 0.25) is 15.9 Å². The van der Waals surface area contributed by atoms with Gasteiger partial charge < -0.3 is 15.4 Å². The maximum absolute atomic E-state index is 12.7. The molecule has 0 radical (unpaired) electrons. The summed E-state index contributed by atoms with van der Waals surface area (Å²) in [5.41, 5.74) is 1.55. The molecule has 0 aliphatic carbocycles. The second-order valence-electron chi connectivity index (χ2n) is 7.57. The highest BCUT2D eigenvalue weighted by atomic mass is 32.2. The van der Waals surface area contributed by atoms with E-state index in [1.54, 1.807) is 36.4 Å². The van der Waals surface area contributed by atoms with Crippen molar-refractivity contribution in [3.05, 3.63) is 54.1 Å². The van der Waals surface area contributed by atoms with Crippen molar-refractivity contribution in [2.75, 3.05) is 36.9 Å². The quantitative estimate of drug-likeness (QED) is 0.630. The van der Waals surface area contributed by atoms with Crippen LogP contribution in [0.1, 0.15) is 37.0 Å². The maximum Gasteiger partial charge on any atom is 0.255 e. The van der Waals surface area contributed by atoms with Crippen LogP contribution in [0.4, 0.5) is 11.4 Å². The fourth-order valence-corrected chi connectivity index (χ4v) is 4.87. The SMILES string of the molecule is CCC(CC)C(=O)Nc1ccc(C(=O)Nc2ccc(S(=O)(=O)N3CCOCC3)cc2)cc1. The second kappa shape index (κ2) is 10.7. The molecule has 1 saturated heterocycles. The van der Waals surface area contributed by atoms with Gasteiger partial charge in [0.15, 0.2) is 0 Å². The number of rotatable bonds is 8. The summed E-state index contributed by atoms with van der Waals surface area (Å²) in [6, 6.07) is 12.7. The van der Waals surface area contributed by atoms with E-state index >= 15 is 0 Å². The van der Waals surface area contributed by atoms with Crippen LogP contribution in [0, 0.1) is 5.92 Å². The van der Waals surface area contributed by atoms with Gasteiger partial charge in [0, 0.05) is 35.9 Å². The van der Waals surface area contributed by atoms with Crippen molar-refractivity contribution in [3.63, 3.8) is 0 Å². The first-order valence-electron chi connectivity index (χ1n) is 10.8. The van der Waals surface area contributed by atoms with Crippen LogP contribution in [-0.2, 0) is 19.6 Å². The number of hydrogen-bond acceptors (Lipinski definition) is 5. The molecule has 1 heterocycles. The molecule has 0 atom stereocenters. The minimum Gasteiger partial charge on any atom is -0.379 e. The number of benzene rings is 2. The summed E-state index contributed by atoms with van der Waals surface area (Å²) < 4.78 is 32.0. The Bertz CT molecular complexity index is 1030. The molecular formula is C23H29N3O5S. The van der Waals surface area contributed by atoms with Crippen LogP contribution in [0.2, 0.25) is 0 Å². The lowest BCUT2D eigenvalue weighted by molar-refractivity contribution is -0.120. The van der Waals surface area contributed by atoms with Crippen molar-refractivity contribution in [1.82, 2.24) is 4.31 Å². The predicted molar refractivity (Wildman–Crippen MR) is 123 cm³/mol. The molecule has 0 aromatic heterocycles. The normalized spacial score (nSPS) is 14.8. The number of sulfonamides is 1. The average molecular weight is 460 g/mol. The van der Waals surface area contributed by atoms with Crippen LogP contribution in [-0.4, -0.2) is 50.8 Å². The van der Waals surface area contributed by atoms with Gasteiger partial charge in [0.25, 0.3) is 5.91 Å². The first-order valence-corrected chi connectivity index (χ1v) is 12.2. The zero-order valence-electron chi connectivity index (χ0n) is 18.3. The third-order valence-electron chi connectivity index (χ3n) is 5.49. The molecule has 1 fully saturated rings. The van der Waals surface area contributed by atoms with Crippen LogP contribution in [0.15, 0.2) is 53.4 Å². The van der Waals surface area contributed by atoms with E-state index in [-0.39, 0.29) is 22.6 Å². The molecule has 2 aromatic rings. The molecule has 9 heteroatoms. The Kier molecular flexibility index (Phi) is 8.00. The highest BCUT2D eigenvalue weighted by Crippen LogP contribution is 2.20. The molecule has 32 heavy (non-hydrogen) atoms. The second-order valence-corrected chi connectivity index (χ2v) is 9.51. The number of nitrogens with zero attached hydrogens (tertiary/aromatic N) is 1. The van der Waals surface area contributed by atoms with Crippen LogP contribution in [0.25, 0.3) is 0 Å². The lowest BCUT2D eigenvalue weighted by Gasteiger charge is -2.26. The van der Waals surface area contributed by atoms with Gasteiger partial charge in [0.05, 0.1) is 18.1 Å². The number of carbonyl (C=O) groups is 2. The topological polar surface area (TPSA) is 105 Å². The Balaban J connectivity index is 1.61. The van der Waals surface area contributed by atoms with Crippen LogP contribution in [0.3, 0.4) is 0 Å². The van der Waals surface area contributed by atoms with Gasteiger partial charge in [0.1, 0.15) is 0 Å². The van der Waals surface area contributed by atoms with E-state index in [0.717, 1.165) is 12.8 Å². The van der Waals surface area contributed by atoms with Crippen molar-refractivity contribution in [2.24, 2.45) is 5.92 Å². The summed E-state index contributed by atoms with van der Waals surface area (Å²) in [6.45, 7) is 5.38. The summed E-state index contributed by atoms with van der Waals surface area (Å²) >= 11 is 0. The molecule has 1 aliphatic heterocycles. The minimum absolute atomic E-state index is 0.0284. The summed E-state index contributed by atoms with van der Waals surface area (Å²) in [7, 11) is -3.58. The van der Waals surface area contributed by atoms with Crippen molar-refractivity contribution < 1.29 is 22.7 Å². The molecule has 2 N–H and O–H groups in total.